The number of carbonyl (C=O) groups is 1. The lowest BCUT2D eigenvalue weighted by Gasteiger charge is -2.25. The highest BCUT2D eigenvalue weighted by atomic mass is 35.5. The van der Waals surface area contributed by atoms with Crippen LogP contribution in [0, 0.1) is 11.8 Å². The van der Waals surface area contributed by atoms with Gasteiger partial charge >= 0.3 is 0 Å². The second kappa shape index (κ2) is 7.55. The summed E-state index contributed by atoms with van der Waals surface area (Å²) in [5.41, 5.74) is 1.21. The van der Waals surface area contributed by atoms with Gasteiger partial charge in [0, 0.05) is 25.2 Å². The molecular formula is C20H29ClN2O2. The summed E-state index contributed by atoms with van der Waals surface area (Å²) in [6.45, 7) is 6.72. The molecule has 3 aliphatic heterocycles. The minimum atomic E-state index is 0. The van der Waals surface area contributed by atoms with Crippen LogP contribution in [0.5, 0.6) is 5.75 Å². The van der Waals surface area contributed by atoms with Crippen molar-refractivity contribution in [3.63, 3.8) is 0 Å². The molecule has 3 aliphatic rings. The number of fused-ring (bicyclic) bond motifs is 5. The van der Waals surface area contributed by atoms with E-state index in [1.807, 2.05) is 18.2 Å². The number of hydrogen-bond donors (Lipinski definition) is 1. The standard InChI is InChI=1S/C20H28N2O2.ClH/c1-3-13(2)14-6-4-5-7-19(14)24-12-20(23)22-17-8-9-18(22)16-11-21-10-15(16)17;/h4-7,13,15-18,21H,3,8-12H2,1-2H3;1H/t13?,15-,16+,17-,18+;. The van der Waals surface area contributed by atoms with Crippen molar-refractivity contribution in [1.29, 1.82) is 0 Å². The van der Waals surface area contributed by atoms with Gasteiger partial charge in [0.05, 0.1) is 0 Å². The summed E-state index contributed by atoms with van der Waals surface area (Å²) in [7, 11) is 0. The summed E-state index contributed by atoms with van der Waals surface area (Å²) < 4.78 is 5.97. The van der Waals surface area contributed by atoms with E-state index in [9.17, 15) is 4.79 Å². The smallest absolute Gasteiger partial charge is 0.261 e. The number of nitrogens with one attached hydrogen (secondary N) is 1. The lowest BCUT2D eigenvalue weighted by molar-refractivity contribution is -0.135. The first-order chi connectivity index (χ1) is 11.7. The molecule has 4 nitrogen and oxygen atoms in total. The Balaban J connectivity index is 0.00000182. The van der Waals surface area contributed by atoms with Crippen LogP contribution < -0.4 is 10.1 Å². The van der Waals surface area contributed by atoms with Crippen LogP contribution in [0.3, 0.4) is 0 Å². The molecule has 1 aromatic carbocycles. The summed E-state index contributed by atoms with van der Waals surface area (Å²) in [5.74, 6) is 2.83. The highest BCUT2D eigenvalue weighted by molar-refractivity contribution is 5.85. The van der Waals surface area contributed by atoms with E-state index in [0.717, 1.165) is 25.3 Å². The van der Waals surface area contributed by atoms with Gasteiger partial charge in [0.15, 0.2) is 6.61 Å². The summed E-state index contributed by atoms with van der Waals surface area (Å²) in [4.78, 5) is 15.0. The zero-order valence-corrected chi connectivity index (χ0v) is 15.9. The molecule has 1 amide bonds. The Bertz CT molecular complexity index is 605. The van der Waals surface area contributed by atoms with Gasteiger partial charge in [0.2, 0.25) is 0 Å². The molecule has 4 rings (SSSR count). The molecular weight excluding hydrogens is 336 g/mol. The molecule has 3 fully saturated rings. The topological polar surface area (TPSA) is 41.6 Å². The maximum absolute atomic E-state index is 12.8. The number of carbonyl (C=O) groups excluding carboxylic acids is 1. The molecule has 0 radical (unpaired) electrons. The Labute approximate surface area is 156 Å². The van der Waals surface area contributed by atoms with Crippen LogP contribution >= 0.6 is 12.4 Å². The number of ether oxygens (including phenoxy) is 1. The maximum atomic E-state index is 12.8. The van der Waals surface area contributed by atoms with Crippen LogP contribution in [0.2, 0.25) is 0 Å². The van der Waals surface area contributed by atoms with Crippen molar-refractivity contribution >= 4 is 18.3 Å². The molecule has 1 unspecified atom stereocenters. The van der Waals surface area contributed by atoms with Gasteiger partial charge in [-0.3, -0.25) is 4.79 Å². The average molecular weight is 365 g/mol. The molecule has 1 N–H and O–H groups in total. The van der Waals surface area contributed by atoms with Crippen LogP contribution in [0.1, 0.15) is 44.6 Å². The van der Waals surface area contributed by atoms with Crippen molar-refractivity contribution in [1.82, 2.24) is 10.2 Å². The minimum Gasteiger partial charge on any atom is -0.483 e. The maximum Gasteiger partial charge on any atom is 0.261 e. The van der Waals surface area contributed by atoms with E-state index in [0.29, 0.717) is 29.8 Å². The zero-order valence-electron chi connectivity index (χ0n) is 15.1. The quantitative estimate of drug-likeness (QED) is 0.872. The van der Waals surface area contributed by atoms with E-state index < -0.39 is 0 Å². The number of amides is 1. The Kier molecular flexibility index (Phi) is 5.59. The number of hydrogen-bond acceptors (Lipinski definition) is 3. The van der Waals surface area contributed by atoms with Crippen molar-refractivity contribution in [2.45, 2.75) is 51.1 Å². The normalized spacial score (nSPS) is 30.7. The molecule has 1 aromatic rings. The lowest BCUT2D eigenvalue weighted by Crippen LogP contribution is -2.41. The van der Waals surface area contributed by atoms with E-state index >= 15 is 0 Å². The molecule has 5 heteroatoms. The second-order valence-corrected chi connectivity index (χ2v) is 7.63. The molecule has 5 atom stereocenters. The Hall–Kier alpha value is -1.26. The van der Waals surface area contributed by atoms with Crippen molar-refractivity contribution in [3.05, 3.63) is 29.8 Å². The fraction of sp³-hybridized carbons (Fsp3) is 0.650. The number of benzene rings is 1. The largest absolute Gasteiger partial charge is 0.483 e. The average Bonchev–Trinajstić information content (AvgIpc) is 3.31. The van der Waals surface area contributed by atoms with Gasteiger partial charge in [-0.25, -0.2) is 0 Å². The van der Waals surface area contributed by atoms with E-state index in [1.165, 1.54) is 18.4 Å². The molecule has 138 valence electrons. The van der Waals surface area contributed by atoms with Gasteiger partial charge in [0.1, 0.15) is 5.75 Å². The minimum absolute atomic E-state index is 0. The van der Waals surface area contributed by atoms with E-state index in [2.05, 4.69) is 30.1 Å². The van der Waals surface area contributed by atoms with Gasteiger partial charge in [0.25, 0.3) is 5.91 Å². The molecule has 0 aliphatic carbocycles. The summed E-state index contributed by atoms with van der Waals surface area (Å²) in [6.07, 6.45) is 3.41. The first-order valence-corrected chi connectivity index (χ1v) is 9.44. The number of nitrogens with zero attached hydrogens (tertiary/aromatic N) is 1. The van der Waals surface area contributed by atoms with Crippen LogP contribution in [-0.4, -0.2) is 42.6 Å². The summed E-state index contributed by atoms with van der Waals surface area (Å²) in [5, 5.41) is 3.50. The van der Waals surface area contributed by atoms with Crippen molar-refractivity contribution in [3.8, 4) is 5.75 Å². The number of rotatable bonds is 5. The first-order valence-electron chi connectivity index (χ1n) is 9.44. The molecule has 0 saturated carbocycles. The van der Waals surface area contributed by atoms with E-state index in [-0.39, 0.29) is 24.9 Å². The third-order valence-electron chi connectivity index (χ3n) is 6.47. The van der Waals surface area contributed by atoms with Crippen LogP contribution in [0.25, 0.3) is 0 Å². The molecule has 2 bridgehead atoms. The Morgan fingerprint density at radius 2 is 1.88 bits per heavy atom. The molecule has 0 aromatic heterocycles. The van der Waals surface area contributed by atoms with Gasteiger partial charge in [-0.2, -0.15) is 0 Å². The van der Waals surface area contributed by atoms with Gasteiger partial charge in [-0.15, -0.1) is 12.4 Å². The molecule has 3 saturated heterocycles. The fourth-order valence-corrected chi connectivity index (χ4v) is 5.09. The summed E-state index contributed by atoms with van der Waals surface area (Å²) in [6, 6.07) is 9.02. The monoisotopic (exact) mass is 364 g/mol. The third kappa shape index (κ3) is 3.15. The van der Waals surface area contributed by atoms with Crippen LogP contribution in [-0.2, 0) is 4.79 Å². The third-order valence-corrected chi connectivity index (χ3v) is 6.47. The first kappa shape index (κ1) is 18.5. The predicted molar refractivity (Wildman–Crippen MR) is 101 cm³/mol. The molecule has 25 heavy (non-hydrogen) atoms. The van der Waals surface area contributed by atoms with E-state index in [1.54, 1.807) is 0 Å². The molecule has 0 spiro atoms. The highest BCUT2D eigenvalue weighted by Crippen LogP contribution is 2.47. The zero-order chi connectivity index (χ0) is 16.7. The van der Waals surface area contributed by atoms with Gasteiger partial charge in [-0.1, -0.05) is 32.0 Å². The number of halogens is 1. The second-order valence-electron chi connectivity index (χ2n) is 7.63. The number of para-hydroxylation sites is 1. The van der Waals surface area contributed by atoms with Gasteiger partial charge < -0.3 is 15.0 Å². The fourth-order valence-electron chi connectivity index (χ4n) is 5.09. The van der Waals surface area contributed by atoms with Crippen molar-refractivity contribution in [2.75, 3.05) is 19.7 Å². The SMILES string of the molecule is CCC(C)c1ccccc1OCC(=O)N1[C@@H]2CC[C@H]1[C@H]1CNC[C@H]12.Cl. The van der Waals surface area contributed by atoms with Crippen LogP contribution in [0.4, 0.5) is 0 Å². The van der Waals surface area contributed by atoms with Crippen molar-refractivity contribution < 1.29 is 9.53 Å². The summed E-state index contributed by atoms with van der Waals surface area (Å²) >= 11 is 0. The van der Waals surface area contributed by atoms with Gasteiger partial charge in [-0.05, 0) is 48.6 Å². The van der Waals surface area contributed by atoms with E-state index in [4.69, 9.17) is 4.74 Å². The van der Waals surface area contributed by atoms with Crippen LogP contribution in [0.15, 0.2) is 24.3 Å². The highest BCUT2D eigenvalue weighted by Gasteiger charge is 2.56. The Morgan fingerprint density at radius 3 is 2.52 bits per heavy atom. The molecule has 3 heterocycles. The Morgan fingerprint density at radius 1 is 1.24 bits per heavy atom. The predicted octanol–water partition coefficient (Wildman–Crippen LogP) is 3.21. The lowest BCUT2D eigenvalue weighted by atomic mass is 9.82. The van der Waals surface area contributed by atoms with Crippen molar-refractivity contribution in [2.24, 2.45) is 11.8 Å².